The maximum Gasteiger partial charge on any atom is 0.323 e. The van der Waals surface area contributed by atoms with Gasteiger partial charge in [0.1, 0.15) is 18.3 Å². The van der Waals surface area contributed by atoms with Crippen LogP contribution < -0.4 is 0 Å². The summed E-state index contributed by atoms with van der Waals surface area (Å²) in [6, 6.07) is 11.0. The van der Waals surface area contributed by atoms with Gasteiger partial charge < -0.3 is 9.67 Å². The molecule has 0 aliphatic carbocycles. The van der Waals surface area contributed by atoms with Crippen molar-refractivity contribution in [3.8, 4) is 6.07 Å². The van der Waals surface area contributed by atoms with Gasteiger partial charge in [0.25, 0.3) is 0 Å². The van der Waals surface area contributed by atoms with Crippen LogP contribution in [0.15, 0.2) is 30.3 Å². The molecule has 0 aliphatic rings. The molecule has 0 bridgehead atoms. The number of hydrogen-bond acceptors (Lipinski definition) is 2. The van der Waals surface area contributed by atoms with Crippen LogP contribution >= 0.6 is 0 Å². The zero-order valence-corrected chi connectivity index (χ0v) is 7.84. The summed E-state index contributed by atoms with van der Waals surface area (Å²) in [7, 11) is 0. The van der Waals surface area contributed by atoms with Crippen LogP contribution in [0.25, 0.3) is 10.9 Å². The van der Waals surface area contributed by atoms with Crippen molar-refractivity contribution in [3.05, 3.63) is 36.0 Å². The SMILES string of the molecule is N#Cc1cc2ccccc2n1CC(=O)O. The number of para-hydroxylation sites is 1. The molecule has 1 N–H and O–H groups in total. The molecule has 0 saturated carbocycles. The molecule has 4 heteroatoms. The van der Waals surface area contributed by atoms with Crippen LogP contribution in [-0.4, -0.2) is 15.6 Å². The molecule has 15 heavy (non-hydrogen) atoms. The van der Waals surface area contributed by atoms with Gasteiger partial charge in [0, 0.05) is 10.9 Å². The number of hydrogen-bond donors (Lipinski definition) is 1. The lowest BCUT2D eigenvalue weighted by atomic mass is 10.2. The van der Waals surface area contributed by atoms with E-state index >= 15 is 0 Å². The zero-order valence-electron chi connectivity index (χ0n) is 7.84. The smallest absolute Gasteiger partial charge is 0.323 e. The lowest BCUT2D eigenvalue weighted by molar-refractivity contribution is -0.137. The lowest BCUT2D eigenvalue weighted by Gasteiger charge is -2.01. The summed E-state index contributed by atoms with van der Waals surface area (Å²) in [5.74, 6) is -0.951. The number of carboxylic acids is 1. The first-order chi connectivity index (χ1) is 7.22. The van der Waals surface area contributed by atoms with E-state index in [1.807, 2.05) is 24.3 Å². The summed E-state index contributed by atoms with van der Waals surface area (Å²) in [6.45, 7) is -0.184. The molecule has 0 unspecified atom stereocenters. The van der Waals surface area contributed by atoms with Gasteiger partial charge in [0.05, 0.1) is 0 Å². The van der Waals surface area contributed by atoms with Crippen molar-refractivity contribution in [3.63, 3.8) is 0 Å². The van der Waals surface area contributed by atoms with E-state index in [4.69, 9.17) is 10.4 Å². The second kappa shape index (κ2) is 3.46. The fourth-order valence-electron chi connectivity index (χ4n) is 1.61. The average molecular weight is 200 g/mol. The highest BCUT2D eigenvalue weighted by molar-refractivity contribution is 5.83. The summed E-state index contributed by atoms with van der Waals surface area (Å²) in [5, 5.41) is 18.5. The van der Waals surface area contributed by atoms with Gasteiger partial charge in [0.15, 0.2) is 0 Å². The number of fused-ring (bicyclic) bond motifs is 1. The van der Waals surface area contributed by atoms with Gasteiger partial charge in [0.2, 0.25) is 0 Å². The molecule has 0 fully saturated rings. The largest absolute Gasteiger partial charge is 0.480 e. The Balaban J connectivity index is 2.68. The first-order valence-electron chi connectivity index (χ1n) is 4.42. The fourth-order valence-corrected chi connectivity index (χ4v) is 1.61. The molecule has 0 amide bonds. The summed E-state index contributed by atoms with van der Waals surface area (Å²) in [4.78, 5) is 10.6. The Hall–Kier alpha value is -2.28. The molecule has 4 nitrogen and oxygen atoms in total. The maximum absolute atomic E-state index is 10.6. The fraction of sp³-hybridized carbons (Fsp3) is 0.0909. The molecular weight excluding hydrogens is 192 g/mol. The Bertz CT molecular complexity index is 563. The van der Waals surface area contributed by atoms with Gasteiger partial charge >= 0.3 is 5.97 Å². The monoisotopic (exact) mass is 200 g/mol. The Morgan fingerprint density at radius 1 is 1.47 bits per heavy atom. The number of nitriles is 1. The van der Waals surface area contributed by atoms with Gasteiger partial charge in [-0.15, -0.1) is 0 Å². The molecule has 0 spiro atoms. The topological polar surface area (TPSA) is 66.0 Å². The molecule has 0 saturated heterocycles. The van der Waals surface area contributed by atoms with Gasteiger partial charge in [-0.25, -0.2) is 0 Å². The molecule has 2 aromatic rings. The third-order valence-electron chi connectivity index (χ3n) is 2.22. The van der Waals surface area contributed by atoms with Crippen LogP contribution in [0.5, 0.6) is 0 Å². The van der Waals surface area contributed by atoms with Crippen LogP contribution in [0.2, 0.25) is 0 Å². The molecule has 0 radical (unpaired) electrons. The van der Waals surface area contributed by atoms with Crippen LogP contribution in [0.1, 0.15) is 5.69 Å². The average Bonchev–Trinajstić information content (AvgIpc) is 2.56. The zero-order chi connectivity index (χ0) is 10.8. The Morgan fingerprint density at radius 2 is 2.20 bits per heavy atom. The van der Waals surface area contributed by atoms with Crippen molar-refractivity contribution in [2.24, 2.45) is 0 Å². The number of carboxylic acid groups (broad SMARTS) is 1. The Kier molecular flexibility index (Phi) is 2.14. The predicted octanol–water partition coefficient (Wildman–Crippen LogP) is 1.60. The van der Waals surface area contributed by atoms with E-state index in [0.29, 0.717) is 5.69 Å². The molecule has 1 aromatic heterocycles. The highest BCUT2D eigenvalue weighted by Crippen LogP contribution is 2.18. The standard InChI is InChI=1S/C11H8N2O2/c12-6-9-5-8-3-1-2-4-10(8)13(9)7-11(14)15/h1-5H,7H2,(H,14,15). The number of rotatable bonds is 2. The highest BCUT2D eigenvalue weighted by Gasteiger charge is 2.09. The van der Waals surface area contributed by atoms with Crippen molar-refractivity contribution in [1.29, 1.82) is 5.26 Å². The third kappa shape index (κ3) is 1.55. The highest BCUT2D eigenvalue weighted by atomic mass is 16.4. The van der Waals surface area contributed by atoms with Crippen LogP contribution in [-0.2, 0) is 11.3 Å². The second-order valence-electron chi connectivity index (χ2n) is 3.18. The molecule has 0 atom stereocenters. The van der Waals surface area contributed by atoms with Crippen molar-refractivity contribution in [1.82, 2.24) is 4.57 Å². The molecular formula is C11H8N2O2. The number of carbonyl (C=O) groups is 1. The molecule has 0 aliphatic heterocycles. The molecule has 1 aromatic carbocycles. The van der Waals surface area contributed by atoms with E-state index in [1.54, 1.807) is 12.1 Å². The van der Waals surface area contributed by atoms with Crippen LogP contribution in [0.4, 0.5) is 0 Å². The third-order valence-corrected chi connectivity index (χ3v) is 2.22. The van der Waals surface area contributed by atoms with Gasteiger partial charge in [-0.1, -0.05) is 18.2 Å². The first kappa shape index (κ1) is 9.28. The summed E-state index contributed by atoms with van der Waals surface area (Å²) >= 11 is 0. The van der Waals surface area contributed by atoms with Gasteiger partial charge in [-0.05, 0) is 12.1 Å². The lowest BCUT2D eigenvalue weighted by Crippen LogP contribution is -2.09. The van der Waals surface area contributed by atoms with Crippen molar-refractivity contribution >= 4 is 16.9 Å². The normalized spacial score (nSPS) is 10.1. The van der Waals surface area contributed by atoms with Crippen LogP contribution in [0, 0.1) is 11.3 Å². The van der Waals surface area contributed by atoms with E-state index in [9.17, 15) is 4.79 Å². The van der Waals surface area contributed by atoms with E-state index in [-0.39, 0.29) is 6.54 Å². The van der Waals surface area contributed by atoms with Gasteiger partial charge in [-0.3, -0.25) is 4.79 Å². The van der Waals surface area contributed by atoms with Crippen LogP contribution in [0.3, 0.4) is 0 Å². The Labute approximate surface area is 86.0 Å². The number of nitrogens with zero attached hydrogens (tertiary/aromatic N) is 2. The van der Waals surface area contributed by atoms with Crippen molar-refractivity contribution < 1.29 is 9.90 Å². The van der Waals surface area contributed by atoms with Crippen molar-refractivity contribution in [2.75, 3.05) is 0 Å². The Morgan fingerprint density at radius 3 is 2.87 bits per heavy atom. The van der Waals surface area contributed by atoms with E-state index in [0.717, 1.165) is 10.9 Å². The second-order valence-corrected chi connectivity index (χ2v) is 3.18. The maximum atomic E-state index is 10.6. The first-order valence-corrected chi connectivity index (χ1v) is 4.42. The van der Waals surface area contributed by atoms with E-state index < -0.39 is 5.97 Å². The minimum absolute atomic E-state index is 0.184. The minimum Gasteiger partial charge on any atom is -0.480 e. The number of aromatic nitrogens is 1. The number of benzene rings is 1. The molecule has 1 heterocycles. The molecule has 2 rings (SSSR count). The summed E-state index contributed by atoms with van der Waals surface area (Å²) in [6.07, 6.45) is 0. The van der Waals surface area contributed by atoms with Gasteiger partial charge in [-0.2, -0.15) is 5.26 Å². The van der Waals surface area contributed by atoms with Crippen molar-refractivity contribution in [2.45, 2.75) is 6.54 Å². The number of aliphatic carboxylic acids is 1. The minimum atomic E-state index is -0.951. The summed E-state index contributed by atoms with van der Waals surface area (Å²) in [5.41, 5.74) is 1.15. The summed E-state index contributed by atoms with van der Waals surface area (Å²) < 4.78 is 1.50. The molecule has 74 valence electrons. The van der Waals surface area contributed by atoms with E-state index in [1.165, 1.54) is 4.57 Å². The van der Waals surface area contributed by atoms with E-state index in [2.05, 4.69) is 0 Å². The predicted molar refractivity (Wildman–Crippen MR) is 54.3 cm³/mol. The quantitative estimate of drug-likeness (QED) is 0.800.